The van der Waals surface area contributed by atoms with Crippen LogP contribution < -0.4 is 5.48 Å². The molecule has 5 nitrogen and oxygen atoms in total. The fraction of sp³-hybridized carbons (Fsp3) is 0.500. The summed E-state index contributed by atoms with van der Waals surface area (Å²) in [7, 11) is 0. The fourth-order valence-corrected chi connectivity index (χ4v) is 0.260. The van der Waals surface area contributed by atoms with Crippen LogP contribution in [0.4, 0.5) is 0 Å². The summed E-state index contributed by atoms with van der Waals surface area (Å²) in [5.41, 5.74) is 1.81. The van der Waals surface area contributed by atoms with Crippen molar-refractivity contribution in [3.63, 3.8) is 0 Å². The zero-order valence-corrected chi connectivity index (χ0v) is 5.72. The summed E-state index contributed by atoms with van der Waals surface area (Å²) in [5.74, 6) is -1.97. The van der Waals surface area contributed by atoms with Crippen LogP contribution in [0.15, 0.2) is 0 Å². The van der Waals surface area contributed by atoms with E-state index in [2.05, 4.69) is 4.84 Å². The van der Waals surface area contributed by atoms with Crippen molar-refractivity contribution in [2.24, 2.45) is 0 Å². The van der Waals surface area contributed by atoms with Crippen LogP contribution in [0.1, 0.15) is 0 Å². The lowest BCUT2D eigenvalue weighted by atomic mass is 10.7. The summed E-state index contributed by atoms with van der Waals surface area (Å²) in [4.78, 5) is 24.2. The number of carboxylic acid groups (broad SMARTS) is 1. The average Bonchev–Trinajstić information content (AvgIpc) is 1.87. The number of alkyl halides is 1. The SMILES string of the molecule is O=C(O)CONC(=O)CCl. The minimum absolute atomic E-state index is 0.250. The van der Waals surface area contributed by atoms with Crippen LogP contribution in [0.3, 0.4) is 0 Å². The van der Waals surface area contributed by atoms with Crippen molar-refractivity contribution in [2.45, 2.75) is 0 Å². The summed E-state index contributed by atoms with van der Waals surface area (Å²) in [5, 5.41) is 7.99. The molecule has 58 valence electrons. The quantitative estimate of drug-likeness (QED) is 0.431. The van der Waals surface area contributed by atoms with Crippen molar-refractivity contribution in [3.05, 3.63) is 0 Å². The number of carboxylic acids is 1. The molecule has 0 saturated heterocycles. The third-order valence-corrected chi connectivity index (χ3v) is 0.746. The number of carbonyl (C=O) groups excluding carboxylic acids is 1. The molecule has 0 unspecified atom stereocenters. The summed E-state index contributed by atoms with van der Waals surface area (Å²) < 4.78 is 0. The number of amides is 1. The second kappa shape index (κ2) is 5.01. The lowest BCUT2D eigenvalue weighted by molar-refractivity contribution is -0.148. The topological polar surface area (TPSA) is 75.6 Å². The van der Waals surface area contributed by atoms with Crippen LogP contribution in [0.25, 0.3) is 0 Å². The number of hydrogen-bond donors (Lipinski definition) is 2. The molecule has 6 heteroatoms. The maximum absolute atomic E-state index is 10.2. The maximum Gasteiger partial charge on any atom is 0.332 e. The van der Waals surface area contributed by atoms with Gasteiger partial charge in [0, 0.05) is 0 Å². The first-order valence-electron chi connectivity index (χ1n) is 2.35. The number of rotatable bonds is 4. The van der Waals surface area contributed by atoms with E-state index in [1.807, 2.05) is 5.48 Å². The van der Waals surface area contributed by atoms with Crippen LogP contribution in [0.2, 0.25) is 0 Å². The molecular formula is C4H6ClNO4. The molecule has 1 amide bonds. The minimum atomic E-state index is -1.16. The molecule has 0 fully saturated rings. The van der Waals surface area contributed by atoms with Gasteiger partial charge in [0.05, 0.1) is 0 Å². The van der Waals surface area contributed by atoms with Crippen molar-refractivity contribution < 1.29 is 19.5 Å². The van der Waals surface area contributed by atoms with Crippen LogP contribution in [-0.4, -0.2) is 29.5 Å². The van der Waals surface area contributed by atoms with Gasteiger partial charge in [-0.15, -0.1) is 11.6 Å². The number of nitrogens with one attached hydrogen (secondary N) is 1. The van der Waals surface area contributed by atoms with Crippen LogP contribution in [0.5, 0.6) is 0 Å². The number of halogens is 1. The molecule has 2 N–H and O–H groups in total. The van der Waals surface area contributed by atoms with E-state index in [0.29, 0.717) is 0 Å². The normalized spacial score (nSPS) is 8.90. The Hall–Kier alpha value is -0.810. The highest BCUT2D eigenvalue weighted by molar-refractivity contribution is 6.27. The Morgan fingerprint density at radius 2 is 2.20 bits per heavy atom. The Morgan fingerprint density at radius 3 is 2.60 bits per heavy atom. The van der Waals surface area contributed by atoms with Gasteiger partial charge in [0.1, 0.15) is 5.88 Å². The highest BCUT2D eigenvalue weighted by Gasteiger charge is 1.99. The maximum atomic E-state index is 10.2. The zero-order valence-electron chi connectivity index (χ0n) is 4.96. The van der Waals surface area contributed by atoms with Gasteiger partial charge in [-0.1, -0.05) is 0 Å². The predicted octanol–water partition coefficient (Wildman–Crippen LogP) is -0.642. The second-order valence-electron chi connectivity index (χ2n) is 1.34. The van der Waals surface area contributed by atoms with Gasteiger partial charge < -0.3 is 5.11 Å². The van der Waals surface area contributed by atoms with Gasteiger partial charge >= 0.3 is 5.97 Å². The first kappa shape index (κ1) is 9.19. The van der Waals surface area contributed by atoms with E-state index in [4.69, 9.17) is 16.7 Å². The summed E-state index contributed by atoms with van der Waals surface area (Å²) >= 11 is 5.03. The standard InChI is InChI=1S/C4H6ClNO4/c5-1-3(7)6-10-2-4(8)9/h1-2H2,(H,6,7)(H,8,9). The molecule has 0 spiro atoms. The van der Waals surface area contributed by atoms with E-state index in [0.717, 1.165) is 0 Å². The molecule has 0 aromatic carbocycles. The van der Waals surface area contributed by atoms with E-state index in [1.165, 1.54) is 0 Å². The van der Waals surface area contributed by atoms with E-state index in [1.54, 1.807) is 0 Å². The van der Waals surface area contributed by atoms with Gasteiger partial charge in [-0.05, 0) is 0 Å². The summed E-state index contributed by atoms with van der Waals surface area (Å²) in [6, 6.07) is 0. The van der Waals surface area contributed by atoms with Crippen LogP contribution in [0, 0.1) is 0 Å². The largest absolute Gasteiger partial charge is 0.479 e. The van der Waals surface area contributed by atoms with E-state index < -0.39 is 18.5 Å². The monoisotopic (exact) mass is 167 g/mol. The molecule has 0 saturated carbocycles. The van der Waals surface area contributed by atoms with Crippen molar-refractivity contribution in [1.29, 1.82) is 0 Å². The van der Waals surface area contributed by atoms with Gasteiger partial charge in [0.25, 0.3) is 5.91 Å². The van der Waals surface area contributed by atoms with E-state index >= 15 is 0 Å². The molecule has 0 radical (unpaired) electrons. The van der Waals surface area contributed by atoms with Gasteiger partial charge in [0.2, 0.25) is 0 Å². The Morgan fingerprint density at radius 1 is 1.60 bits per heavy atom. The number of hydroxylamine groups is 1. The molecule has 0 aromatic heterocycles. The minimum Gasteiger partial charge on any atom is -0.479 e. The number of carbonyl (C=O) groups is 2. The molecular weight excluding hydrogens is 162 g/mol. The van der Waals surface area contributed by atoms with Crippen molar-refractivity contribution in [2.75, 3.05) is 12.5 Å². The zero-order chi connectivity index (χ0) is 7.98. The first-order valence-corrected chi connectivity index (χ1v) is 2.88. The average molecular weight is 168 g/mol. The molecule has 0 bridgehead atoms. The van der Waals surface area contributed by atoms with Gasteiger partial charge in [-0.25, -0.2) is 10.3 Å². The molecule has 0 aliphatic rings. The lowest BCUT2D eigenvalue weighted by Crippen LogP contribution is -2.27. The van der Waals surface area contributed by atoms with Gasteiger partial charge in [-0.3, -0.25) is 9.63 Å². The molecule has 0 aliphatic carbocycles. The molecule has 0 atom stereocenters. The highest BCUT2D eigenvalue weighted by atomic mass is 35.5. The van der Waals surface area contributed by atoms with Crippen molar-refractivity contribution in [1.82, 2.24) is 5.48 Å². The van der Waals surface area contributed by atoms with Gasteiger partial charge in [0.15, 0.2) is 6.61 Å². The molecule has 0 heterocycles. The fourth-order valence-electron chi connectivity index (χ4n) is 0.206. The Bertz CT molecular complexity index is 137. The smallest absolute Gasteiger partial charge is 0.332 e. The summed E-state index contributed by atoms with van der Waals surface area (Å²) in [6.45, 7) is -0.567. The van der Waals surface area contributed by atoms with Crippen molar-refractivity contribution in [3.8, 4) is 0 Å². The third-order valence-electron chi connectivity index (χ3n) is 0.503. The third kappa shape index (κ3) is 5.33. The molecule has 0 aliphatic heterocycles. The Labute approximate surface area is 61.9 Å². The van der Waals surface area contributed by atoms with Gasteiger partial charge in [-0.2, -0.15) is 0 Å². The summed E-state index contributed by atoms with van der Waals surface area (Å²) in [6.07, 6.45) is 0. The number of hydrogen-bond acceptors (Lipinski definition) is 3. The second-order valence-corrected chi connectivity index (χ2v) is 1.61. The van der Waals surface area contributed by atoms with E-state index in [-0.39, 0.29) is 5.88 Å². The number of aliphatic carboxylic acids is 1. The first-order chi connectivity index (χ1) is 4.66. The molecule has 10 heavy (non-hydrogen) atoms. The highest BCUT2D eigenvalue weighted by Crippen LogP contribution is 1.74. The Kier molecular flexibility index (Phi) is 4.61. The van der Waals surface area contributed by atoms with Crippen molar-refractivity contribution >= 4 is 23.5 Å². The predicted molar refractivity (Wildman–Crippen MR) is 32.5 cm³/mol. The van der Waals surface area contributed by atoms with Crippen LogP contribution in [-0.2, 0) is 14.4 Å². The van der Waals surface area contributed by atoms with E-state index in [9.17, 15) is 9.59 Å². The Balaban J connectivity index is 3.20. The molecule has 0 aromatic rings. The van der Waals surface area contributed by atoms with Crippen LogP contribution >= 0.6 is 11.6 Å². The molecule has 0 rings (SSSR count). The lowest BCUT2D eigenvalue weighted by Gasteiger charge is -1.98.